The molecule has 0 atom stereocenters. The number of nitro benzene ring substituents is 1. The predicted molar refractivity (Wildman–Crippen MR) is 131 cm³/mol. The van der Waals surface area contributed by atoms with Crippen LogP contribution < -0.4 is 10.3 Å². The van der Waals surface area contributed by atoms with Crippen molar-refractivity contribution in [2.45, 2.75) is 38.0 Å². The van der Waals surface area contributed by atoms with Gasteiger partial charge in [0.25, 0.3) is 5.56 Å². The number of nitro groups is 1. The second kappa shape index (κ2) is 10.1. The van der Waals surface area contributed by atoms with Gasteiger partial charge in [-0.25, -0.2) is 4.98 Å². The molecule has 3 aromatic rings. The van der Waals surface area contributed by atoms with E-state index < -0.39 is 4.92 Å². The Bertz CT molecular complexity index is 1300. The summed E-state index contributed by atoms with van der Waals surface area (Å²) in [5, 5.41) is 16.5. The van der Waals surface area contributed by atoms with E-state index in [-0.39, 0.29) is 29.5 Å². The highest BCUT2D eigenvalue weighted by molar-refractivity contribution is 9.10. The third-order valence-corrected chi connectivity index (χ3v) is 6.25. The lowest BCUT2D eigenvalue weighted by atomic mass is 9.88. The van der Waals surface area contributed by atoms with Gasteiger partial charge < -0.3 is 4.74 Å². The fraction of sp³-hybridized carbons (Fsp3) is 0.292. The molecular formula is C24H23BrN4O4. The Kier molecular flexibility index (Phi) is 6.98. The normalized spacial score (nSPS) is 14.6. The Labute approximate surface area is 198 Å². The van der Waals surface area contributed by atoms with E-state index in [2.05, 4.69) is 27.6 Å². The minimum atomic E-state index is -0.516. The molecule has 0 unspecified atom stereocenters. The molecule has 0 amide bonds. The highest BCUT2D eigenvalue weighted by Gasteiger charge is 2.23. The van der Waals surface area contributed by atoms with Crippen LogP contribution in [-0.2, 0) is 0 Å². The van der Waals surface area contributed by atoms with E-state index in [0.29, 0.717) is 26.8 Å². The van der Waals surface area contributed by atoms with E-state index in [0.717, 1.165) is 25.7 Å². The first kappa shape index (κ1) is 22.8. The summed E-state index contributed by atoms with van der Waals surface area (Å²) < 4.78 is 7.21. The lowest BCUT2D eigenvalue weighted by Crippen LogP contribution is -2.25. The van der Waals surface area contributed by atoms with Crippen LogP contribution in [0, 0.1) is 10.1 Å². The number of halogens is 1. The predicted octanol–water partition coefficient (Wildman–Crippen LogP) is 5.56. The van der Waals surface area contributed by atoms with Crippen molar-refractivity contribution in [1.29, 1.82) is 0 Å². The van der Waals surface area contributed by atoms with E-state index in [9.17, 15) is 14.9 Å². The number of rotatable bonds is 7. The van der Waals surface area contributed by atoms with Crippen molar-refractivity contribution >= 4 is 38.7 Å². The zero-order valence-electron chi connectivity index (χ0n) is 17.9. The van der Waals surface area contributed by atoms with Crippen LogP contribution in [0.5, 0.6) is 5.75 Å². The van der Waals surface area contributed by atoms with E-state index >= 15 is 0 Å². The molecule has 9 heteroatoms. The molecular weight excluding hydrogens is 488 g/mol. The monoisotopic (exact) mass is 510 g/mol. The van der Waals surface area contributed by atoms with Gasteiger partial charge in [0, 0.05) is 17.5 Å². The summed E-state index contributed by atoms with van der Waals surface area (Å²) in [7, 11) is 0. The highest BCUT2D eigenvalue weighted by atomic mass is 79.9. The van der Waals surface area contributed by atoms with Gasteiger partial charge in [-0.05, 0) is 47.0 Å². The Morgan fingerprint density at radius 3 is 2.76 bits per heavy atom. The van der Waals surface area contributed by atoms with Crippen molar-refractivity contribution in [1.82, 2.24) is 9.66 Å². The molecule has 0 saturated heterocycles. The van der Waals surface area contributed by atoms with Crippen LogP contribution in [0.4, 0.5) is 5.69 Å². The SMILES string of the molecule is C=CCOc1c(Br)cc(C=Nn2c(C3CCCCC3)nc3ccccc3c2=O)cc1[N+](=O)[O-]. The van der Waals surface area contributed by atoms with Crippen molar-refractivity contribution in [2.75, 3.05) is 6.61 Å². The van der Waals surface area contributed by atoms with Crippen LogP contribution in [0.2, 0.25) is 0 Å². The zero-order valence-corrected chi connectivity index (χ0v) is 19.5. The van der Waals surface area contributed by atoms with E-state index in [4.69, 9.17) is 9.72 Å². The summed E-state index contributed by atoms with van der Waals surface area (Å²) in [5.41, 5.74) is 0.645. The highest BCUT2D eigenvalue weighted by Crippen LogP contribution is 2.36. The Balaban J connectivity index is 1.80. The molecule has 1 aromatic heterocycles. The summed E-state index contributed by atoms with van der Waals surface area (Å²) in [6, 6.07) is 10.2. The molecule has 2 aromatic carbocycles. The number of para-hydroxylation sites is 1. The third-order valence-electron chi connectivity index (χ3n) is 5.66. The maximum atomic E-state index is 13.3. The van der Waals surface area contributed by atoms with Gasteiger partial charge in [0.05, 0.1) is 26.5 Å². The van der Waals surface area contributed by atoms with Gasteiger partial charge in [-0.2, -0.15) is 9.78 Å². The molecule has 1 heterocycles. The number of hydrogen-bond acceptors (Lipinski definition) is 6. The molecule has 33 heavy (non-hydrogen) atoms. The molecule has 8 nitrogen and oxygen atoms in total. The van der Waals surface area contributed by atoms with Gasteiger partial charge in [-0.1, -0.05) is 44.1 Å². The zero-order chi connectivity index (χ0) is 23.4. The van der Waals surface area contributed by atoms with Crippen LogP contribution in [0.1, 0.15) is 49.4 Å². The maximum Gasteiger partial charge on any atom is 0.312 e. The molecule has 0 spiro atoms. The molecule has 0 radical (unpaired) electrons. The first-order valence-corrected chi connectivity index (χ1v) is 11.6. The van der Waals surface area contributed by atoms with E-state index in [1.165, 1.54) is 29.5 Å². The molecule has 0 N–H and O–H groups in total. The van der Waals surface area contributed by atoms with Crippen molar-refractivity contribution in [3.63, 3.8) is 0 Å². The Hall–Kier alpha value is -3.33. The summed E-state index contributed by atoms with van der Waals surface area (Å²) in [6.07, 6.45) is 8.20. The second-order valence-electron chi connectivity index (χ2n) is 7.89. The number of benzene rings is 2. The summed E-state index contributed by atoms with van der Waals surface area (Å²) in [5.74, 6) is 0.891. The number of hydrogen-bond donors (Lipinski definition) is 0. The van der Waals surface area contributed by atoms with Crippen molar-refractivity contribution in [2.24, 2.45) is 5.10 Å². The van der Waals surface area contributed by atoms with Crippen LogP contribution in [-0.4, -0.2) is 27.4 Å². The number of fused-ring (bicyclic) bond motifs is 1. The van der Waals surface area contributed by atoms with Crippen molar-refractivity contribution in [3.8, 4) is 5.75 Å². The standard InChI is InChI=1S/C24H23BrN4O4/c1-2-12-33-22-19(25)13-16(14-21(22)29(31)32)15-26-28-23(17-8-4-3-5-9-17)27-20-11-7-6-10-18(20)24(28)30/h2,6-7,10-11,13-15,17H,1,3-5,8-9,12H2. The molecule has 170 valence electrons. The molecule has 1 aliphatic rings. The lowest BCUT2D eigenvalue weighted by molar-refractivity contribution is -0.385. The first-order chi connectivity index (χ1) is 16.0. The minimum Gasteiger partial charge on any atom is -0.482 e. The van der Waals surface area contributed by atoms with E-state index in [1.54, 1.807) is 18.2 Å². The topological polar surface area (TPSA) is 99.6 Å². The van der Waals surface area contributed by atoms with Crippen LogP contribution in [0.15, 0.2) is 63.4 Å². The minimum absolute atomic E-state index is 0.115. The Morgan fingerprint density at radius 1 is 1.27 bits per heavy atom. The molecule has 1 saturated carbocycles. The average molecular weight is 511 g/mol. The van der Waals surface area contributed by atoms with Gasteiger partial charge >= 0.3 is 5.69 Å². The lowest BCUT2D eigenvalue weighted by Gasteiger charge is -2.22. The van der Waals surface area contributed by atoms with Crippen molar-refractivity contribution in [3.05, 3.63) is 85.4 Å². The van der Waals surface area contributed by atoms with Crippen LogP contribution in [0.3, 0.4) is 0 Å². The van der Waals surface area contributed by atoms with Gasteiger partial charge in [0.1, 0.15) is 12.4 Å². The largest absolute Gasteiger partial charge is 0.482 e. The quantitative estimate of drug-likeness (QED) is 0.179. The maximum absolute atomic E-state index is 13.3. The van der Waals surface area contributed by atoms with Gasteiger partial charge in [0.15, 0.2) is 0 Å². The number of nitrogens with zero attached hydrogens (tertiary/aromatic N) is 4. The smallest absolute Gasteiger partial charge is 0.312 e. The molecule has 1 aliphatic carbocycles. The van der Waals surface area contributed by atoms with E-state index in [1.807, 2.05) is 12.1 Å². The fourth-order valence-corrected chi connectivity index (χ4v) is 4.68. The summed E-state index contributed by atoms with van der Waals surface area (Å²) >= 11 is 3.34. The first-order valence-electron chi connectivity index (χ1n) is 10.8. The molecule has 4 rings (SSSR count). The molecule has 0 aliphatic heterocycles. The van der Waals surface area contributed by atoms with Gasteiger partial charge in [0.2, 0.25) is 5.75 Å². The van der Waals surface area contributed by atoms with Crippen molar-refractivity contribution < 1.29 is 9.66 Å². The second-order valence-corrected chi connectivity index (χ2v) is 8.75. The summed E-state index contributed by atoms with van der Waals surface area (Å²) in [6.45, 7) is 3.70. The Morgan fingerprint density at radius 2 is 2.03 bits per heavy atom. The van der Waals surface area contributed by atoms with Gasteiger partial charge in [-0.3, -0.25) is 14.9 Å². The number of ether oxygens (including phenoxy) is 1. The van der Waals surface area contributed by atoms with Crippen LogP contribution in [0.25, 0.3) is 10.9 Å². The summed E-state index contributed by atoms with van der Waals surface area (Å²) in [4.78, 5) is 29.2. The molecule has 1 fully saturated rings. The van der Waals surface area contributed by atoms with Gasteiger partial charge in [-0.15, -0.1) is 0 Å². The average Bonchev–Trinajstić information content (AvgIpc) is 2.83. The van der Waals surface area contributed by atoms with Crippen LogP contribution >= 0.6 is 15.9 Å². The fourth-order valence-electron chi connectivity index (χ4n) is 4.10. The number of aromatic nitrogens is 2. The molecule has 0 bridgehead atoms. The third kappa shape index (κ3) is 4.88.